The second-order valence-electron chi connectivity index (χ2n) is 4.20. The first kappa shape index (κ1) is 10.4. The first-order valence-electron chi connectivity index (χ1n) is 4.90. The molecule has 1 nitrogen and oxygen atoms in total. The zero-order chi connectivity index (χ0) is 9.19. The molecule has 3 unspecified atom stereocenters. The first-order chi connectivity index (χ1) is 5.56. The largest absolute Gasteiger partial charge is 0.377 e. The van der Waals surface area contributed by atoms with Crippen molar-refractivity contribution in [3.63, 3.8) is 0 Å². The summed E-state index contributed by atoms with van der Waals surface area (Å²) in [6, 6.07) is 0. The van der Waals surface area contributed by atoms with Crippen molar-refractivity contribution in [2.45, 2.75) is 50.9 Å². The van der Waals surface area contributed by atoms with Crippen LogP contribution in [-0.4, -0.2) is 17.5 Å². The van der Waals surface area contributed by atoms with E-state index in [9.17, 15) is 0 Å². The van der Waals surface area contributed by atoms with Crippen LogP contribution in [0.1, 0.15) is 40.0 Å². The normalized spacial score (nSPS) is 36.0. The molecule has 1 saturated heterocycles. The molecular formula is C10H20OS. The monoisotopic (exact) mass is 188 g/mol. The lowest BCUT2D eigenvalue weighted by atomic mass is 9.89. The van der Waals surface area contributed by atoms with E-state index in [1.54, 1.807) is 0 Å². The zero-order valence-electron chi connectivity index (χ0n) is 8.34. The molecule has 1 aliphatic heterocycles. The summed E-state index contributed by atoms with van der Waals surface area (Å²) in [5.74, 6) is 0.807. The van der Waals surface area contributed by atoms with E-state index in [1.807, 2.05) is 0 Å². The highest BCUT2D eigenvalue weighted by atomic mass is 32.1. The lowest BCUT2D eigenvalue weighted by molar-refractivity contribution is -0.0246. The van der Waals surface area contributed by atoms with Gasteiger partial charge in [-0.3, -0.25) is 0 Å². The molecule has 2 heteroatoms. The quantitative estimate of drug-likeness (QED) is 0.656. The van der Waals surface area contributed by atoms with Gasteiger partial charge in [0.05, 0.1) is 6.10 Å². The highest BCUT2D eigenvalue weighted by Crippen LogP contribution is 2.33. The Labute approximate surface area is 81.3 Å². The molecule has 0 spiro atoms. The van der Waals surface area contributed by atoms with Crippen LogP contribution >= 0.6 is 12.6 Å². The van der Waals surface area contributed by atoms with Gasteiger partial charge in [0.2, 0.25) is 0 Å². The van der Waals surface area contributed by atoms with Gasteiger partial charge in [0.25, 0.3) is 0 Å². The molecule has 0 bridgehead atoms. The summed E-state index contributed by atoms with van der Waals surface area (Å²) in [6.45, 7) is 7.57. The molecular weight excluding hydrogens is 168 g/mol. The molecule has 3 atom stereocenters. The maximum absolute atomic E-state index is 5.73. The van der Waals surface area contributed by atoms with Crippen molar-refractivity contribution in [2.24, 2.45) is 5.92 Å². The van der Waals surface area contributed by atoms with E-state index in [0.29, 0.717) is 6.10 Å². The molecule has 1 aliphatic rings. The van der Waals surface area contributed by atoms with Crippen LogP contribution in [0.15, 0.2) is 0 Å². The second-order valence-corrected chi connectivity index (χ2v) is 5.22. The summed E-state index contributed by atoms with van der Waals surface area (Å²) in [7, 11) is 0. The van der Waals surface area contributed by atoms with Crippen LogP contribution in [0.4, 0.5) is 0 Å². The molecule has 0 amide bonds. The maximum Gasteiger partial charge on any atom is 0.0718 e. The van der Waals surface area contributed by atoms with E-state index in [1.165, 1.54) is 12.8 Å². The average molecular weight is 188 g/mol. The molecule has 0 N–H and O–H groups in total. The van der Waals surface area contributed by atoms with Gasteiger partial charge >= 0.3 is 0 Å². The second kappa shape index (κ2) is 4.01. The molecule has 1 heterocycles. The fourth-order valence-electron chi connectivity index (χ4n) is 1.62. The number of thiol groups is 1. The summed E-state index contributed by atoms with van der Waals surface area (Å²) in [4.78, 5) is 0. The highest BCUT2D eigenvalue weighted by molar-refractivity contribution is 7.81. The lowest BCUT2D eigenvalue weighted by Gasteiger charge is -2.37. The van der Waals surface area contributed by atoms with Crippen molar-refractivity contribution >= 4 is 12.6 Å². The van der Waals surface area contributed by atoms with Crippen molar-refractivity contribution in [3.8, 4) is 0 Å². The van der Waals surface area contributed by atoms with Crippen molar-refractivity contribution < 1.29 is 4.74 Å². The summed E-state index contributed by atoms with van der Waals surface area (Å²) in [5.41, 5.74) is 0. The Morgan fingerprint density at radius 1 is 1.58 bits per heavy atom. The van der Waals surface area contributed by atoms with Gasteiger partial charge in [-0.15, -0.1) is 0 Å². The molecule has 72 valence electrons. The van der Waals surface area contributed by atoms with Crippen LogP contribution in [0, 0.1) is 5.92 Å². The molecule has 0 aliphatic carbocycles. The smallest absolute Gasteiger partial charge is 0.0718 e. The van der Waals surface area contributed by atoms with Gasteiger partial charge < -0.3 is 4.74 Å². The van der Waals surface area contributed by atoms with E-state index in [4.69, 9.17) is 4.74 Å². The Hall–Kier alpha value is 0.310. The summed E-state index contributed by atoms with van der Waals surface area (Å²) < 4.78 is 5.79. The predicted molar refractivity (Wildman–Crippen MR) is 55.8 cm³/mol. The van der Waals surface area contributed by atoms with Crippen molar-refractivity contribution in [1.82, 2.24) is 0 Å². The summed E-state index contributed by atoms with van der Waals surface area (Å²) in [6.07, 6.45) is 3.82. The first-order valence-corrected chi connectivity index (χ1v) is 5.35. The molecule has 0 aromatic carbocycles. The van der Waals surface area contributed by atoms with Gasteiger partial charge in [-0.25, -0.2) is 0 Å². The molecule has 12 heavy (non-hydrogen) atoms. The Kier molecular flexibility index (Phi) is 3.47. The van der Waals surface area contributed by atoms with Crippen LogP contribution in [0.5, 0.6) is 0 Å². The van der Waals surface area contributed by atoms with Gasteiger partial charge in [0, 0.05) is 11.4 Å². The number of rotatable bonds is 2. The van der Waals surface area contributed by atoms with Crippen LogP contribution in [0.3, 0.4) is 0 Å². The Morgan fingerprint density at radius 2 is 2.25 bits per heavy atom. The van der Waals surface area contributed by atoms with E-state index >= 15 is 0 Å². The van der Waals surface area contributed by atoms with Crippen LogP contribution < -0.4 is 0 Å². The molecule has 1 fully saturated rings. The minimum absolute atomic E-state index is 0.0642. The van der Waals surface area contributed by atoms with E-state index in [0.717, 1.165) is 18.9 Å². The minimum Gasteiger partial charge on any atom is -0.377 e. The van der Waals surface area contributed by atoms with Gasteiger partial charge in [-0.2, -0.15) is 12.6 Å². The predicted octanol–water partition coefficient (Wildman–Crippen LogP) is 2.90. The lowest BCUT2D eigenvalue weighted by Crippen LogP contribution is -2.40. The fraction of sp³-hybridized carbons (Fsp3) is 1.00. The number of ether oxygens (including phenoxy) is 1. The van der Waals surface area contributed by atoms with Gasteiger partial charge in [-0.05, 0) is 32.1 Å². The molecule has 0 aromatic rings. The van der Waals surface area contributed by atoms with Crippen LogP contribution in [-0.2, 0) is 4.74 Å². The Balaban J connectivity index is 2.50. The Bertz CT molecular complexity index is 145. The molecule has 0 radical (unpaired) electrons. The van der Waals surface area contributed by atoms with Gasteiger partial charge in [0.1, 0.15) is 0 Å². The van der Waals surface area contributed by atoms with E-state index < -0.39 is 0 Å². The number of hydrogen-bond donors (Lipinski definition) is 1. The zero-order valence-corrected chi connectivity index (χ0v) is 9.23. The van der Waals surface area contributed by atoms with E-state index in [-0.39, 0.29) is 4.75 Å². The third-order valence-corrected chi connectivity index (χ3v) is 3.56. The topological polar surface area (TPSA) is 9.23 Å². The fourth-order valence-corrected chi connectivity index (χ4v) is 1.80. The standard InChI is InChI=1S/C10H20OS/c1-4-10(3,12)9-7-8(2)5-6-11-9/h8-9,12H,4-7H2,1-3H3. The third kappa shape index (κ3) is 2.40. The van der Waals surface area contributed by atoms with Crippen molar-refractivity contribution in [3.05, 3.63) is 0 Å². The molecule has 1 rings (SSSR count). The maximum atomic E-state index is 5.73. The average Bonchev–Trinajstić information content (AvgIpc) is 2.05. The van der Waals surface area contributed by atoms with Crippen molar-refractivity contribution in [1.29, 1.82) is 0 Å². The minimum atomic E-state index is 0.0642. The summed E-state index contributed by atoms with van der Waals surface area (Å²) >= 11 is 4.65. The van der Waals surface area contributed by atoms with E-state index in [2.05, 4.69) is 33.4 Å². The SMILES string of the molecule is CCC(C)(S)C1CC(C)CCO1. The third-order valence-electron chi connectivity index (χ3n) is 2.96. The van der Waals surface area contributed by atoms with Gasteiger partial charge in [-0.1, -0.05) is 13.8 Å². The van der Waals surface area contributed by atoms with Crippen LogP contribution in [0.25, 0.3) is 0 Å². The Morgan fingerprint density at radius 3 is 2.75 bits per heavy atom. The van der Waals surface area contributed by atoms with Crippen molar-refractivity contribution in [2.75, 3.05) is 6.61 Å². The number of hydrogen-bond acceptors (Lipinski definition) is 2. The molecule has 0 aromatic heterocycles. The van der Waals surface area contributed by atoms with Crippen LogP contribution in [0.2, 0.25) is 0 Å². The van der Waals surface area contributed by atoms with Gasteiger partial charge in [0.15, 0.2) is 0 Å². The molecule has 0 saturated carbocycles. The summed E-state index contributed by atoms with van der Waals surface area (Å²) in [5, 5.41) is 0. The highest BCUT2D eigenvalue weighted by Gasteiger charge is 2.33.